The molecule has 2 N–H and O–H groups in total. The molecular formula is C11H11N3O3. The van der Waals surface area contributed by atoms with E-state index in [4.69, 9.17) is 0 Å². The molecule has 1 heterocycles. The second-order valence-corrected chi connectivity index (χ2v) is 3.75. The van der Waals surface area contributed by atoms with Crippen molar-refractivity contribution in [3.05, 3.63) is 39.7 Å². The number of hydrogen-bond acceptors (Lipinski definition) is 4. The van der Waals surface area contributed by atoms with Gasteiger partial charge in [-0.25, -0.2) is 4.98 Å². The molecule has 1 aromatic carbocycles. The van der Waals surface area contributed by atoms with Crippen LogP contribution in [0.1, 0.15) is 11.4 Å². The van der Waals surface area contributed by atoms with Crippen LogP contribution in [0.4, 0.5) is 5.69 Å². The minimum atomic E-state index is -0.508. The van der Waals surface area contributed by atoms with Gasteiger partial charge in [0.25, 0.3) is 5.69 Å². The highest BCUT2D eigenvalue weighted by Gasteiger charge is 2.14. The maximum Gasteiger partial charge on any atom is 0.270 e. The van der Waals surface area contributed by atoms with Crippen LogP contribution in [0.25, 0.3) is 11.4 Å². The highest BCUT2D eigenvalue weighted by Crippen LogP contribution is 2.31. The Kier molecular flexibility index (Phi) is 2.55. The molecule has 0 atom stereocenters. The van der Waals surface area contributed by atoms with Gasteiger partial charge in [-0.15, -0.1) is 0 Å². The number of phenols is 1. The van der Waals surface area contributed by atoms with Crippen molar-refractivity contribution in [2.45, 2.75) is 13.8 Å². The van der Waals surface area contributed by atoms with Gasteiger partial charge in [-0.3, -0.25) is 10.1 Å². The first kappa shape index (κ1) is 11.1. The Balaban J connectivity index is 2.57. The third-order valence-corrected chi connectivity index (χ3v) is 2.57. The van der Waals surface area contributed by atoms with Gasteiger partial charge in [-0.2, -0.15) is 0 Å². The average Bonchev–Trinajstić information content (AvgIpc) is 2.59. The molecule has 0 aliphatic rings. The van der Waals surface area contributed by atoms with Gasteiger partial charge in [0, 0.05) is 17.8 Å². The number of benzene rings is 1. The number of aromatic hydroxyl groups is 1. The number of H-pyrrole nitrogens is 1. The highest BCUT2D eigenvalue weighted by molar-refractivity contribution is 5.67. The second kappa shape index (κ2) is 3.89. The summed E-state index contributed by atoms with van der Waals surface area (Å²) in [5, 5.41) is 20.3. The number of nitro groups is 1. The Labute approximate surface area is 97.1 Å². The number of nitro benzene ring substituents is 1. The third-order valence-electron chi connectivity index (χ3n) is 2.57. The molecule has 88 valence electrons. The molecule has 0 spiro atoms. The van der Waals surface area contributed by atoms with Crippen LogP contribution in [0, 0.1) is 24.0 Å². The number of non-ortho nitro benzene ring substituents is 1. The zero-order chi connectivity index (χ0) is 12.6. The largest absolute Gasteiger partial charge is 0.507 e. The monoisotopic (exact) mass is 233 g/mol. The third kappa shape index (κ3) is 1.96. The molecule has 6 nitrogen and oxygen atoms in total. The molecule has 2 aromatic rings. The first-order chi connectivity index (χ1) is 7.99. The number of aromatic amines is 1. The normalized spacial score (nSPS) is 10.5. The maximum atomic E-state index is 10.7. The van der Waals surface area contributed by atoms with Crippen LogP contribution in [-0.4, -0.2) is 20.0 Å². The molecule has 0 saturated heterocycles. The standard InChI is InChI=1S/C11H11N3O3/c1-6-7(2)13-11(12-6)9-5-8(14(16)17)3-4-10(9)15/h3-5,15H,1-2H3,(H,12,13). The Morgan fingerprint density at radius 1 is 1.41 bits per heavy atom. The number of phenolic OH excluding ortho intramolecular Hbond substituents is 1. The van der Waals surface area contributed by atoms with Crippen molar-refractivity contribution in [1.29, 1.82) is 0 Å². The van der Waals surface area contributed by atoms with E-state index in [2.05, 4.69) is 9.97 Å². The van der Waals surface area contributed by atoms with Crippen molar-refractivity contribution in [3.63, 3.8) is 0 Å². The average molecular weight is 233 g/mol. The smallest absolute Gasteiger partial charge is 0.270 e. The van der Waals surface area contributed by atoms with E-state index in [0.29, 0.717) is 11.4 Å². The van der Waals surface area contributed by atoms with Crippen molar-refractivity contribution >= 4 is 5.69 Å². The van der Waals surface area contributed by atoms with E-state index in [1.165, 1.54) is 18.2 Å². The van der Waals surface area contributed by atoms with Crippen LogP contribution in [-0.2, 0) is 0 Å². The van der Waals surface area contributed by atoms with Crippen LogP contribution in [0.3, 0.4) is 0 Å². The number of rotatable bonds is 2. The van der Waals surface area contributed by atoms with Gasteiger partial charge < -0.3 is 10.1 Å². The lowest BCUT2D eigenvalue weighted by Gasteiger charge is -2.00. The molecule has 0 radical (unpaired) electrons. The van der Waals surface area contributed by atoms with E-state index in [-0.39, 0.29) is 11.4 Å². The summed E-state index contributed by atoms with van der Waals surface area (Å²) in [6.45, 7) is 3.67. The molecule has 2 rings (SSSR count). The van der Waals surface area contributed by atoms with E-state index in [9.17, 15) is 15.2 Å². The van der Waals surface area contributed by atoms with Crippen LogP contribution < -0.4 is 0 Å². The summed E-state index contributed by atoms with van der Waals surface area (Å²) in [5.74, 6) is 0.394. The van der Waals surface area contributed by atoms with Gasteiger partial charge in [0.05, 0.1) is 16.2 Å². The minimum absolute atomic E-state index is 0.0376. The Morgan fingerprint density at radius 2 is 2.12 bits per heavy atom. The zero-order valence-electron chi connectivity index (χ0n) is 9.39. The van der Waals surface area contributed by atoms with E-state index < -0.39 is 4.92 Å². The van der Waals surface area contributed by atoms with Crippen molar-refractivity contribution in [2.24, 2.45) is 0 Å². The molecule has 0 amide bonds. The highest BCUT2D eigenvalue weighted by atomic mass is 16.6. The van der Waals surface area contributed by atoms with Gasteiger partial charge in [0.2, 0.25) is 0 Å². The fraction of sp³-hybridized carbons (Fsp3) is 0.182. The van der Waals surface area contributed by atoms with Gasteiger partial charge in [-0.1, -0.05) is 0 Å². The Morgan fingerprint density at radius 3 is 2.65 bits per heavy atom. The van der Waals surface area contributed by atoms with Gasteiger partial charge >= 0.3 is 0 Å². The maximum absolute atomic E-state index is 10.7. The number of aryl methyl sites for hydroxylation is 2. The van der Waals surface area contributed by atoms with Crippen LogP contribution in [0.2, 0.25) is 0 Å². The summed E-state index contributed by atoms with van der Waals surface area (Å²) in [5.41, 5.74) is 1.91. The van der Waals surface area contributed by atoms with Gasteiger partial charge in [0.15, 0.2) is 0 Å². The lowest BCUT2D eigenvalue weighted by atomic mass is 10.1. The summed E-state index contributed by atoms with van der Waals surface area (Å²) in [7, 11) is 0. The topological polar surface area (TPSA) is 92.1 Å². The zero-order valence-corrected chi connectivity index (χ0v) is 9.39. The SMILES string of the molecule is Cc1nc(-c2cc([N+](=O)[O-])ccc2O)[nH]c1C. The number of nitrogens with one attached hydrogen (secondary N) is 1. The first-order valence-electron chi connectivity index (χ1n) is 5.00. The van der Waals surface area contributed by atoms with Crippen LogP contribution in [0.15, 0.2) is 18.2 Å². The molecule has 0 bridgehead atoms. The predicted molar refractivity (Wildman–Crippen MR) is 61.8 cm³/mol. The van der Waals surface area contributed by atoms with Gasteiger partial charge in [-0.05, 0) is 19.9 Å². The van der Waals surface area contributed by atoms with E-state index in [1.54, 1.807) is 0 Å². The quantitative estimate of drug-likeness (QED) is 0.614. The Bertz CT molecular complexity index is 570. The van der Waals surface area contributed by atoms with Crippen molar-refractivity contribution < 1.29 is 10.0 Å². The summed E-state index contributed by atoms with van der Waals surface area (Å²) in [6.07, 6.45) is 0. The van der Waals surface area contributed by atoms with Gasteiger partial charge in [0.1, 0.15) is 11.6 Å². The number of aromatic nitrogens is 2. The first-order valence-corrected chi connectivity index (χ1v) is 5.00. The van der Waals surface area contributed by atoms with E-state index in [1.807, 2.05) is 13.8 Å². The molecule has 17 heavy (non-hydrogen) atoms. The van der Waals surface area contributed by atoms with E-state index in [0.717, 1.165) is 11.4 Å². The van der Waals surface area contributed by atoms with Crippen molar-refractivity contribution in [3.8, 4) is 17.1 Å². The van der Waals surface area contributed by atoms with Crippen LogP contribution in [0.5, 0.6) is 5.75 Å². The summed E-state index contributed by atoms with van der Waals surface area (Å²) in [4.78, 5) is 17.3. The molecule has 6 heteroatoms. The molecule has 0 saturated carbocycles. The lowest BCUT2D eigenvalue weighted by Crippen LogP contribution is -1.89. The summed E-state index contributed by atoms with van der Waals surface area (Å²) in [6, 6.07) is 3.84. The van der Waals surface area contributed by atoms with Crippen LogP contribution >= 0.6 is 0 Å². The van der Waals surface area contributed by atoms with Crippen molar-refractivity contribution in [2.75, 3.05) is 0 Å². The number of imidazole rings is 1. The summed E-state index contributed by atoms with van der Waals surface area (Å²) < 4.78 is 0. The molecule has 0 fully saturated rings. The number of hydrogen-bond donors (Lipinski definition) is 2. The molecule has 0 aliphatic heterocycles. The Hall–Kier alpha value is -2.37. The molecule has 1 aromatic heterocycles. The molecule has 0 unspecified atom stereocenters. The minimum Gasteiger partial charge on any atom is -0.507 e. The fourth-order valence-corrected chi connectivity index (χ4v) is 1.50. The number of nitrogens with zero attached hydrogens (tertiary/aromatic N) is 2. The fourth-order valence-electron chi connectivity index (χ4n) is 1.50. The molecule has 0 aliphatic carbocycles. The van der Waals surface area contributed by atoms with Crippen molar-refractivity contribution in [1.82, 2.24) is 9.97 Å². The van der Waals surface area contributed by atoms with E-state index >= 15 is 0 Å². The molecular weight excluding hydrogens is 222 g/mol. The second-order valence-electron chi connectivity index (χ2n) is 3.75. The lowest BCUT2D eigenvalue weighted by molar-refractivity contribution is -0.384. The predicted octanol–water partition coefficient (Wildman–Crippen LogP) is 2.31. The summed E-state index contributed by atoms with van der Waals surface area (Å²) >= 11 is 0.